The second-order valence-electron chi connectivity index (χ2n) is 11.3. The summed E-state index contributed by atoms with van der Waals surface area (Å²) >= 11 is 0. The van der Waals surface area contributed by atoms with Crippen LogP contribution in [0.4, 0.5) is 0 Å². The summed E-state index contributed by atoms with van der Waals surface area (Å²) in [6.45, 7) is 4.47. The molecule has 1 saturated carbocycles. The maximum atomic E-state index is 13.4. The first-order valence-electron chi connectivity index (χ1n) is 14.4. The molecule has 2 N–H and O–H groups in total. The highest BCUT2D eigenvalue weighted by Gasteiger charge is 2.28. The van der Waals surface area contributed by atoms with E-state index in [-0.39, 0.29) is 12.2 Å². The van der Waals surface area contributed by atoms with Crippen LogP contribution in [0.5, 0.6) is 0 Å². The number of nitrogens with one attached hydrogen (secondary N) is 1. The molecule has 2 fully saturated rings. The van der Waals surface area contributed by atoms with Crippen molar-refractivity contribution in [3.8, 4) is 11.1 Å². The Labute approximate surface area is 238 Å². The smallest absolute Gasteiger partial charge is 0.326 e. The van der Waals surface area contributed by atoms with Crippen molar-refractivity contribution in [2.75, 3.05) is 25.2 Å². The zero-order valence-corrected chi connectivity index (χ0v) is 24.4. The van der Waals surface area contributed by atoms with E-state index in [9.17, 15) is 23.1 Å². The van der Waals surface area contributed by atoms with Crippen molar-refractivity contribution < 1.29 is 27.9 Å². The largest absolute Gasteiger partial charge is 0.480 e. The highest BCUT2D eigenvalue weighted by molar-refractivity contribution is 7.90. The van der Waals surface area contributed by atoms with E-state index in [0.717, 1.165) is 73.9 Å². The molecule has 1 heterocycles. The fourth-order valence-electron chi connectivity index (χ4n) is 5.82. The van der Waals surface area contributed by atoms with Crippen LogP contribution >= 0.6 is 0 Å². The second-order valence-corrected chi connectivity index (χ2v) is 13.6. The molecule has 0 spiro atoms. The lowest BCUT2D eigenvalue weighted by molar-refractivity contribution is -0.139. The molecule has 0 radical (unpaired) electrons. The molecule has 2 aromatic rings. The Morgan fingerprint density at radius 2 is 1.80 bits per heavy atom. The zero-order chi connectivity index (χ0) is 28.7. The minimum atomic E-state index is -3.37. The van der Waals surface area contributed by atoms with E-state index in [4.69, 9.17) is 4.74 Å². The molecular formula is C31H42N2O6S. The molecule has 4 rings (SSSR count). The molecule has 9 heteroatoms. The lowest BCUT2D eigenvalue weighted by Gasteiger charge is -2.28. The molecule has 2 atom stereocenters. The van der Waals surface area contributed by atoms with Crippen LogP contribution in [-0.2, 0) is 25.9 Å². The molecule has 0 aromatic heterocycles. The number of ether oxygens (including phenoxy) is 1. The van der Waals surface area contributed by atoms with Gasteiger partial charge in [-0.15, -0.1) is 0 Å². The topological polar surface area (TPSA) is 113 Å². The summed E-state index contributed by atoms with van der Waals surface area (Å²) in [5, 5.41) is 12.2. The van der Waals surface area contributed by atoms with Gasteiger partial charge in [-0.1, -0.05) is 49.6 Å². The lowest BCUT2D eigenvalue weighted by Crippen LogP contribution is -2.42. The SMILES string of the molecule is Cc1ccccc1-c1cc(CN2CCC[C@H]2COC2CCCCC2)ccc1C(=O)NC(CCS(C)(=O)=O)C(=O)O. The van der Waals surface area contributed by atoms with Crippen molar-refractivity contribution in [2.24, 2.45) is 0 Å². The first-order valence-corrected chi connectivity index (χ1v) is 16.4. The van der Waals surface area contributed by atoms with Crippen LogP contribution in [0.2, 0.25) is 0 Å². The van der Waals surface area contributed by atoms with Crippen molar-refractivity contribution in [3.05, 3.63) is 59.2 Å². The minimum absolute atomic E-state index is 0.197. The van der Waals surface area contributed by atoms with Crippen molar-refractivity contribution in [2.45, 2.75) is 83.0 Å². The third-order valence-corrected chi connectivity index (χ3v) is 9.08. The Hall–Kier alpha value is -2.75. The van der Waals surface area contributed by atoms with Crippen molar-refractivity contribution >= 4 is 21.7 Å². The summed E-state index contributed by atoms with van der Waals surface area (Å²) in [4.78, 5) is 27.6. The Bertz CT molecular complexity index is 1290. The summed E-state index contributed by atoms with van der Waals surface area (Å²) in [5.41, 5.74) is 4.07. The van der Waals surface area contributed by atoms with Gasteiger partial charge in [0, 0.05) is 24.4 Å². The van der Waals surface area contributed by atoms with Gasteiger partial charge in [-0.25, -0.2) is 13.2 Å². The standard InChI is InChI=1S/C31H42N2O6S/c1-22-9-6-7-13-26(22)28-19-23(20-33-17-8-10-24(33)21-39-25-11-4-3-5-12-25)14-15-27(28)30(34)32-29(31(35)36)16-18-40(2,37)38/h6-7,9,13-15,19,24-25,29H,3-5,8,10-12,16-18,20-21H2,1-2H3,(H,32,34)(H,35,36)/t24-,29?/m0/s1. The number of carbonyl (C=O) groups is 2. The number of nitrogens with zero attached hydrogens (tertiary/aromatic N) is 1. The fraction of sp³-hybridized carbons (Fsp3) is 0.548. The molecule has 1 unspecified atom stereocenters. The quantitative estimate of drug-likeness (QED) is 0.384. The summed E-state index contributed by atoms with van der Waals surface area (Å²) in [7, 11) is -3.37. The van der Waals surface area contributed by atoms with E-state index in [1.54, 1.807) is 6.07 Å². The van der Waals surface area contributed by atoms with E-state index in [1.165, 1.54) is 19.3 Å². The van der Waals surface area contributed by atoms with E-state index in [1.807, 2.05) is 43.3 Å². The number of carboxylic acid groups (broad SMARTS) is 1. The molecule has 1 aliphatic heterocycles. The average molecular weight is 571 g/mol. The van der Waals surface area contributed by atoms with Crippen LogP contribution in [-0.4, -0.2) is 73.6 Å². The predicted octanol–water partition coefficient (Wildman–Crippen LogP) is 4.59. The van der Waals surface area contributed by atoms with Gasteiger partial charge in [-0.3, -0.25) is 9.69 Å². The molecular weight excluding hydrogens is 528 g/mol. The third kappa shape index (κ3) is 8.38. The monoisotopic (exact) mass is 570 g/mol. The van der Waals surface area contributed by atoms with Crippen LogP contribution in [0.15, 0.2) is 42.5 Å². The summed E-state index contributed by atoms with van der Waals surface area (Å²) < 4.78 is 29.5. The number of sulfone groups is 1. The second kappa shape index (κ2) is 13.7. The lowest BCUT2D eigenvalue weighted by atomic mass is 9.93. The summed E-state index contributed by atoms with van der Waals surface area (Å²) in [6.07, 6.45) is 9.62. The van der Waals surface area contributed by atoms with E-state index in [2.05, 4.69) is 10.2 Å². The van der Waals surface area contributed by atoms with Crippen LogP contribution in [0.1, 0.15) is 72.9 Å². The van der Waals surface area contributed by atoms with E-state index in [0.29, 0.717) is 17.7 Å². The molecule has 1 aliphatic carbocycles. The summed E-state index contributed by atoms with van der Waals surface area (Å²) in [6, 6.07) is 12.6. The number of hydrogen-bond donors (Lipinski definition) is 2. The number of aryl methyl sites for hydroxylation is 1. The van der Waals surface area contributed by atoms with Gasteiger partial charge in [0.25, 0.3) is 5.91 Å². The van der Waals surface area contributed by atoms with Crippen LogP contribution in [0.3, 0.4) is 0 Å². The van der Waals surface area contributed by atoms with Gasteiger partial charge >= 0.3 is 5.97 Å². The van der Waals surface area contributed by atoms with Gasteiger partial charge in [0.1, 0.15) is 15.9 Å². The number of carboxylic acids is 1. The van der Waals surface area contributed by atoms with Crippen LogP contribution in [0, 0.1) is 6.92 Å². The maximum absolute atomic E-state index is 13.4. The van der Waals surface area contributed by atoms with Crippen molar-refractivity contribution in [3.63, 3.8) is 0 Å². The molecule has 1 saturated heterocycles. The van der Waals surface area contributed by atoms with Crippen LogP contribution in [0.25, 0.3) is 11.1 Å². The van der Waals surface area contributed by atoms with Gasteiger partial charge < -0.3 is 15.2 Å². The molecule has 1 amide bonds. The number of hydrogen-bond acceptors (Lipinski definition) is 6. The first-order chi connectivity index (χ1) is 19.1. The molecule has 218 valence electrons. The molecule has 8 nitrogen and oxygen atoms in total. The number of amides is 1. The third-order valence-electron chi connectivity index (χ3n) is 8.11. The van der Waals surface area contributed by atoms with Gasteiger partial charge in [-0.05, 0) is 80.0 Å². The van der Waals surface area contributed by atoms with Gasteiger partial charge in [-0.2, -0.15) is 0 Å². The number of aliphatic carboxylic acids is 1. The Morgan fingerprint density at radius 1 is 1.05 bits per heavy atom. The van der Waals surface area contributed by atoms with Crippen LogP contribution < -0.4 is 5.32 Å². The van der Waals surface area contributed by atoms with Crippen molar-refractivity contribution in [1.29, 1.82) is 0 Å². The number of benzene rings is 2. The average Bonchev–Trinajstić information content (AvgIpc) is 3.36. The first kappa shape index (κ1) is 30.2. The predicted molar refractivity (Wildman–Crippen MR) is 156 cm³/mol. The molecule has 40 heavy (non-hydrogen) atoms. The Balaban J connectivity index is 1.53. The normalized spacial score (nSPS) is 19.4. The molecule has 2 aliphatic rings. The summed E-state index contributed by atoms with van der Waals surface area (Å²) in [5.74, 6) is -2.12. The number of carbonyl (C=O) groups excluding carboxylic acids is 1. The number of rotatable bonds is 12. The Kier molecular flexibility index (Phi) is 10.4. The van der Waals surface area contributed by atoms with Gasteiger partial charge in [0.05, 0.1) is 18.5 Å². The van der Waals surface area contributed by atoms with E-state index >= 15 is 0 Å². The molecule has 0 bridgehead atoms. The molecule has 2 aromatic carbocycles. The fourth-order valence-corrected chi connectivity index (χ4v) is 6.48. The van der Waals surface area contributed by atoms with Gasteiger partial charge in [0.15, 0.2) is 0 Å². The zero-order valence-electron chi connectivity index (χ0n) is 23.6. The highest BCUT2D eigenvalue weighted by Crippen LogP contribution is 2.30. The Morgan fingerprint density at radius 3 is 2.50 bits per heavy atom. The number of likely N-dealkylation sites (tertiary alicyclic amines) is 1. The van der Waals surface area contributed by atoms with Gasteiger partial charge in [0.2, 0.25) is 0 Å². The van der Waals surface area contributed by atoms with E-state index < -0.39 is 27.8 Å². The van der Waals surface area contributed by atoms with Crippen molar-refractivity contribution in [1.82, 2.24) is 10.2 Å². The highest BCUT2D eigenvalue weighted by atomic mass is 32.2. The maximum Gasteiger partial charge on any atom is 0.326 e. The minimum Gasteiger partial charge on any atom is -0.480 e.